The Morgan fingerprint density at radius 1 is 0.323 bits per heavy atom. The van der Waals surface area contributed by atoms with Crippen molar-refractivity contribution >= 4 is 17.9 Å². The van der Waals surface area contributed by atoms with Crippen LogP contribution < -0.4 is 0 Å². The van der Waals surface area contributed by atoms with Gasteiger partial charge >= 0.3 is 17.9 Å². The molecule has 0 aliphatic heterocycles. The molecule has 0 rings (SSSR count). The molecule has 0 aliphatic rings. The molecule has 0 bridgehead atoms. The van der Waals surface area contributed by atoms with Crippen LogP contribution in [0.25, 0.3) is 0 Å². The third-order valence-electron chi connectivity index (χ3n) is 11.4. The van der Waals surface area contributed by atoms with Crippen molar-refractivity contribution in [2.45, 2.75) is 258 Å². The van der Waals surface area contributed by atoms with Crippen LogP contribution in [0.3, 0.4) is 0 Å². The maximum atomic E-state index is 12.8. The summed E-state index contributed by atoms with van der Waals surface area (Å²) in [4.78, 5) is 38.0. The quantitative estimate of drug-likeness (QED) is 0.0262. The highest BCUT2D eigenvalue weighted by molar-refractivity contribution is 5.71. The average Bonchev–Trinajstić information content (AvgIpc) is 3.30. The number of allylic oxidation sites excluding steroid dienone is 14. The smallest absolute Gasteiger partial charge is 0.306 e. The SMILES string of the molecule is CC/C=C\C/C=C\C/C=C\C/C=C\C/C=C\CCCCCCCCCC(=O)OCC(COC(=O)CCCCCCC/C=C\CCCCC)OC(=O)CCCCCCC/C=C\CCCCC. The number of unbranched alkanes of at least 4 members (excludes halogenated alkanes) is 23. The summed E-state index contributed by atoms with van der Waals surface area (Å²) >= 11 is 0. The lowest BCUT2D eigenvalue weighted by Crippen LogP contribution is -2.30. The monoisotopic (exact) mass is 905 g/mol. The fourth-order valence-electron chi connectivity index (χ4n) is 7.28. The van der Waals surface area contributed by atoms with Gasteiger partial charge in [0.15, 0.2) is 6.10 Å². The molecule has 6 nitrogen and oxygen atoms in total. The standard InChI is InChI=1S/C59H100O6/c1-4-7-10-13-16-19-22-25-26-27-28-29-30-31-32-33-34-35-38-40-43-46-49-52-58(61)64-55-56(65-59(62)53-50-47-44-41-37-24-21-18-15-12-9-6-3)54-63-57(60)51-48-45-42-39-36-23-20-17-14-11-8-5-2/h7,10,16-21,25-26,28-29,31-32,56H,4-6,8-9,11-15,22-24,27,30,33-55H2,1-3H3/b10-7-,19-16-,20-17-,21-18-,26-25-,29-28-,32-31-. The number of hydrogen-bond donors (Lipinski definition) is 0. The molecule has 1 unspecified atom stereocenters. The third kappa shape index (κ3) is 51.4. The van der Waals surface area contributed by atoms with Gasteiger partial charge in [-0.3, -0.25) is 14.4 Å². The number of rotatable bonds is 48. The maximum Gasteiger partial charge on any atom is 0.306 e. The second-order valence-corrected chi connectivity index (χ2v) is 17.7. The van der Waals surface area contributed by atoms with Crippen LogP contribution in [-0.2, 0) is 28.6 Å². The molecule has 372 valence electrons. The number of carbonyl (C=O) groups excluding carboxylic acids is 3. The molecule has 0 aromatic carbocycles. The van der Waals surface area contributed by atoms with Crippen LogP contribution in [0.1, 0.15) is 252 Å². The van der Waals surface area contributed by atoms with Crippen molar-refractivity contribution in [1.82, 2.24) is 0 Å². The van der Waals surface area contributed by atoms with E-state index in [0.29, 0.717) is 19.3 Å². The van der Waals surface area contributed by atoms with Crippen molar-refractivity contribution in [2.75, 3.05) is 13.2 Å². The average molecular weight is 905 g/mol. The van der Waals surface area contributed by atoms with E-state index in [-0.39, 0.29) is 31.1 Å². The first-order valence-corrected chi connectivity index (χ1v) is 27.1. The molecule has 0 spiro atoms. The van der Waals surface area contributed by atoms with Crippen molar-refractivity contribution in [1.29, 1.82) is 0 Å². The Labute approximate surface area is 401 Å². The zero-order valence-electron chi connectivity index (χ0n) is 42.5. The lowest BCUT2D eigenvalue weighted by atomic mass is 10.1. The van der Waals surface area contributed by atoms with E-state index in [1.165, 1.54) is 96.3 Å². The zero-order chi connectivity index (χ0) is 47.2. The molecule has 0 aliphatic carbocycles. The van der Waals surface area contributed by atoms with E-state index in [0.717, 1.165) is 116 Å². The Kier molecular flexibility index (Phi) is 50.4. The van der Waals surface area contributed by atoms with Gasteiger partial charge in [-0.05, 0) is 116 Å². The first-order valence-electron chi connectivity index (χ1n) is 27.1. The molecule has 1 atom stereocenters. The molecule has 0 saturated heterocycles. The van der Waals surface area contributed by atoms with Gasteiger partial charge in [0.1, 0.15) is 13.2 Å². The van der Waals surface area contributed by atoms with Gasteiger partial charge in [-0.1, -0.05) is 202 Å². The summed E-state index contributed by atoms with van der Waals surface area (Å²) in [7, 11) is 0. The van der Waals surface area contributed by atoms with Crippen LogP contribution in [0, 0.1) is 0 Å². The Bertz CT molecular complexity index is 1270. The second-order valence-electron chi connectivity index (χ2n) is 17.7. The van der Waals surface area contributed by atoms with Crippen LogP contribution in [-0.4, -0.2) is 37.2 Å². The third-order valence-corrected chi connectivity index (χ3v) is 11.4. The Balaban J connectivity index is 4.34. The normalized spacial score (nSPS) is 12.7. The summed E-state index contributed by atoms with van der Waals surface area (Å²) in [5.41, 5.74) is 0. The van der Waals surface area contributed by atoms with Gasteiger partial charge in [0.2, 0.25) is 0 Å². The lowest BCUT2D eigenvalue weighted by Gasteiger charge is -2.18. The Hall–Kier alpha value is -3.41. The fraction of sp³-hybridized carbons (Fsp3) is 0.712. The number of hydrogen-bond acceptors (Lipinski definition) is 6. The summed E-state index contributed by atoms with van der Waals surface area (Å²) in [6.07, 6.45) is 68.5. The van der Waals surface area contributed by atoms with E-state index in [9.17, 15) is 14.4 Å². The topological polar surface area (TPSA) is 78.9 Å². The highest BCUT2D eigenvalue weighted by atomic mass is 16.6. The molecule has 0 aromatic rings. The van der Waals surface area contributed by atoms with Gasteiger partial charge in [-0.25, -0.2) is 0 Å². The summed E-state index contributed by atoms with van der Waals surface area (Å²) < 4.78 is 16.8. The largest absolute Gasteiger partial charge is 0.462 e. The predicted octanol–water partition coefficient (Wildman–Crippen LogP) is 18.0. The van der Waals surface area contributed by atoms with Gasteiger partial charge in [0.05, 0.1) is 0 Å². The van der Waals surface area contributed by atoms with Crippen molar-refractivity contribution in [3.63, 3.8) is 0 Å². The molecule has 65 heavy (non-hydrogen) atoms. The number of carbonyl (C=O) groups is 3. The van der Waals surface area contributed by atoms with Gasteiger partial charge in [0, 0.05) is 19.3 Å². The minimum absolute atomic E-state index is 0.0878. The molecule has 0 amide bonds. The van der Waals surface area contributed by atoms with Crippen LogP contribution in [0.2, 0.25) is 0 Å². The minimum atomic E-state index is -0.788. The van der Waals surface area contributed by atoms with Crippen LogP contribution in [0.4, 0.5) is 0 Å². The minimum Gasteiger partial charge on any atom is -0.462 e. The molecular formula is C59H100O6. The number of esters is 3. The molecule has 0 heterocycles. The van der Waals surface area contributed by atoms with Gasteiger partial charge in [-0.2, -0.15) is 0 Å². The zero-order valence-corrected chi connectivity index (χ0v) is 42.5. The van der Waals surface area contributed by atoms with Gasteiger partial charge in [0.25, 0.3) is 0 Å². The summed E-state index contributed by atoms with van der Waals surface area (Å²) in [5, 5.41) is 0. The first-order chi connectivity index (χ1) is 32.0. The maximum absolute atomic E-state index is 12.8. The Morgan fingerprint density at radius 3 is 0.954 bits per heavy atom. The van der Waals surface area contributed by atoms with Crippen LogP contribution in [0.15, 0.2) is 85.1 Å². The molecule has 0 fully saturated rings. The molecule has 0 N–H and O–H groups in total. The molecular weight excluding hydrogens is 805 g/mol. The van der Waals surface area contributed by atoms with Crippen LogP contribution in [0.5, 0.6) is 0 Å². The highest BCUT2D eigenvalue weighted by Gasteiger charge is 2.19. The molecule has 0 aromatic heterocycles. The second kappa shape index (κ2) is 53.2. The van der Waals surface area contributed by atoms with E-state index in [1.807, 2.05) is 0 Å². The van der Waals surface area contributed by atoms with E-state index >= 15 is 0 Å². The van der Waals surface area contributed by atoms with Crippen molar-refractivity contribution < 1.29 is 28.6 Å². The van der Waals surface area contributed by atoms with Crippen molar-refractivity contribution in [2.24, 2.45) is 0 Å². The fourth-order valence-corrected chi connectivity index (χ4v) is 7.28. The van der Waals surface area contributed by atoms with E-state index < -0.39 is 6.10 Å². The van der Waals surface area contributed by atoms with Gasteiger partial charge < -0.3 is 14.2 Å². The summed E-state index contributed by atoms with van der Waals surface area (Å²) in [6, 6.07) is 0. The van der Waals surface area contributed by atoms with E-state index in [1.54, 1.807) is 0 Å². The van der Waals surface area contributed by atoms with Crippen molar-refractivity contribution in [3.05, 3.63) is 85.1 Å². The summed E-state index contributed by atoms with van der Waals surface area (Å²) in [6.45, 7) is 6.45. The first kappa shape index (κ1) is 61.6. The van der Waals surface area contributed by atoms with Gasteiger partial charge in [-0.15, -0.1) is 0 Å². The Morgan fingerprint density at radius 2 is 0.600 bits per heavy atom. The highest BCUT2D eigenvalue weighted by Crippen LogP contribution is 2.14. The lowest BCUT2D eigenvalue weighted by molar-refractivity contribution is -0.167. The molecule has 6 heteroatoms. The molecule has 0 radical (unpaired) electrons. The predicted molar refractivity (Wildman–Crippen MR) is 279 cm³/mol. The van der Waals surface area contributed by atoms with E-state index in [2.05, 4.69) is 106 Å². The van der Waals surface area contributed by atoms with E-state index in [4.69, 9.17) is 14.2 Å². The van der Waals surface area contributed by atoms with Crippen LogP contribution >= 0.6 is 0 Å². The molecule has 0 saturated carbocycles. The number of ether oxygens (including phenoxy) is 3. The van der Waals surface area contributed by atoms with Crippen molar-refractivity contribution in [3.8, 4) is 0 Å². The summed E-state index contributed by atoms with van der Waals surface area (Å²) in [5.74, 6) is -0.916.